The second-order valence-corrected chi connectivity index (χ2v) is 6.32. The number of ether oxygens (including phenoxy) is 1. The first kappa shape index (κ1) is 16.5. The Morgan fingerprint density at radius 3 is 2.58 bits per heavy atom. The number of aromatic nitrogens is 1. The lowest BCUT2D eigenvalue weighted by molar-refractivity contribution is 0.340. The molecule has 0 spiro atoms. The van der Waals surface area contributed by atoms with E-state index in [0.717, 1.165) is 28.6 Å². The predicted molar refractivity (Wildman–Crippen MR) is 97.8 cm³/mol. The average Bonchev–Trinajstić information content (AvgIpc) is 2.99. The molecule has 5 heteroatoms. The van der Waals surface area contributed by atoms with Gasteiger partial charge in [0.15, 0.2) is 5.13 Å². The SMILES string of the molecule is CCOc1ccc(-c2nc(Nc3cccc(F)c3)sc2CC)cc1. The molecule has 0 aliphatic heterocycles. The van der Waals surface area contributed by atoms with E-state index in [0.29, 0.717) is 12.3 Å². The summed E-state index contributed by atoms with van der Waals surface area (Å²) in [5.41, 5.74) is 2.72. The minimum Gasteiger partial charge on any atom is -0.494 e. The molecule has 0 atom stereocenters. The fourth-order valence-corrected chi connectivity index (χ4v) is 3.38. The van der Waals surface area contributed by atoms with Crippen LogP contribution in [0.1, 0.15) is 18.7 Å². The van der Waals surface area contributed by atoms with Crippen molar-refractivity contribution in [2.75, 3.05) is 11.9 Å². The van der Waals surface area contributed by atoms with Gasteiger partial charge in [-0.1, -0.05) is 13.0 Å². The van der Waals surface area contributed by atoms with E-state index >= 15 is 0 Å². The molecule has 0 saturated heterocycles. The van der Waals surface area contributed by atoms with Crippen molar-refractivity contribution in [3.63, 3.8) is 0 Å². The topological polar surface area (TPSA) is 34.1 Å². The zero-order valence-corrected chi connectivity index (χ0v) is 14.5. The zero-order valence-electron chi connectivity index (χ0n) is 13.7. The van der Waals surface area contributed by atoms with Gasteiger partial charge >= 0.3 is 0 Å². The lowest BCUT2D eigenvalue weighted by Gasteiger charge is -2.04. The second kappa shape index (κ2) is 7.45. The molecule has 0 fully saturated rings. The molecule has 0 saturated carbocycles. The highest BCUT2D eigenvalue weighted by Crippen LogP contribution is 2.33. The number of thiazole rings is 1. The Hall–Kier alpha value is -2.40. The van der Waals surface area contributed by atoms with E-state index in [4.69, 9.17) is 9.72 Å². The molecular formula is C19H19FN2OS. The van der Waals surface area contributed by atoms with Gasteiger partial charge in [0.1, 0.15) is 11.6 Å². The first-order chi connectivity index (χ1) is 11.7. The third-order valence-corrected chi connectivity index (χ3v) is 4.65. The fourth-order valence-electron chi connectivity index (χ4n) is 2.44. The second-order valence-electron chi connectivity index (χ2n) is 5.24. The van der Waals surface area contributed by atoms with Crippen LogP contribution in [0.3, 0.4) is 0 Å². The largest absolute Gasteiger partial charge is 0.494 e. The van der Waals surface area contributed by atoms with Crippen molar-refractivity contribution in [1.82, 2.24) is 4.98 Å². The van der Waals surface area contributed by atoms with E-state index in [1.54, 1.807) is 17.4 Å². The molecule has 1 heterocycles. The minimum atomic E-state index is -0.265. The quantitative estimate of drug-likeness (QED) is 0.628. The van der Waals surface area contributed by atoms with E-state index in [-0.39, 0.29) is 5.82 Å². The van der Waals surface area contributed by atoms with Crippen LogP contribution in [0, 0.1) is 5.82 Å². The predicted octanol–water partition coefficient (Wildman–Crippen LogP) is 5.65. The van der Waals surface area contributed by atoms with E-state index in [9.17, 15) is 4.39 Å². The Morgan fingerprint density at radius 2 is 1.92 bits per heavy atom. The molecule has 24 heavy (non-hydrogen) atoms. The van der Waals surface area contributed by atoms with Gasteiger partial charge < -0.3 is 10.1 Å². The van der Waals surface area contributed by atoms with Crippen LogP contribution in [0.25, 0.3) is 11.3 Å². The third-order valence-electron chi connectivity index (χ3n) is 3.53. The lowest BCUT2D eigenvalue weighted by Crippen LogP contribution is -1.92. The molecule has 0 bridgehead atoms. The summed E-state index contributed by atoms with van der Waals surface area (Å²) in [4.78, 5) is 5.89. The van der Waals surface area contributed by atoms with E-state index in [2.05, 4.69) is 12.2 Å². The van der Waals surface area contributed by atoms with Gasteiger partial charge in [0.2, 0.25) is 0 Å². The van der Waals surface area contributed by atoms with Gasteiger partial charge in [-0.2, -0.15) is 0 Å². The summed E-state index contributed by atoms with van der Waals surface area (Å²) in [6.45, 7) is 4.73. The summed E-state index contributed by atoms with van der Waals surface area (Å²) in [7, 11) is 0. The van der Waals surface area contributed by atoms with Crippen molar-refractivity contribution in [2.24, 2.45) is 0 Å². The van der Waals surface area contributed by atoms with Gasteiger partial charge in [0, 0.05) is 16.1 Å². The van der Waals surface area contributed by atoms with Crippen molar-refractivity contribution >= 4 is 22.2 Å². The highest BCUT2D eigenvalue weighted by atomic mass is 32.1. The fraction of sp³-hybridized carbons (Fsp3) is 0.211. The molecule has 2 aromatic carbocycles. The van der Waals surface area contributed by atoms with Crippen molar-refractivity contribution in [2.45, 2.75) is 20.3 Å². The molecule has 124 valence electrons. The van der Waals surface area contributed by atoms with Crippen molar-refractivity contribution in [3.05, 3.63) is 59.2 Å². The molecule has 0 unspecified atom stereocenters. The van der Waals surface area contributed by atoms with Gasteiger partial charge in [0.05, 0.1) is 12.3 Å². The van der Waals surface area contributed by atoms with E-state index in [1.165, 1.54) is 17.0 Å². The van der Waals surface area contributed by atoms with E-state index in [1.807, 2.05) is 37.3 Å². The standard InChI is InChI=1S/C19H19FN2OS/c1-3-17-18(13-8-10-16(11-9-13)23-4-2)22-19(24-17)21-15-7-5-6-14(20)12-15/h5-12H,3-4H2,1-2H3,(H,21,22). The summed E-state index contributed by atoms with van der Waals surface area (Å²) < 4.78 is 18.8. The number of aryl methyl sites for hydroxylation is 1. The monoisotopic (exact) mass is 342 g/mol. The first-order valence-electron chi connectivity index (χ1n) is 7.95. The van der Waals surface area contributed by atoms with Crippen LogP contribution in [0.5, 0.6) is 5.75 Å². The molecule has 1 N–H and O–H groups in total. The summed E-state index contributed by atoms with van der Waals surface area (Å²) in [5.74, 6) is 0.589. The van der Waals surface area contributed by atoms with Gasteiger partial charge in [-0.3, -0.25) is 0 Å². The average molecular weight is 342 g/mol. The van der Waals surface area contributed by atoms with Crippen LogP contribution in [0.15, 0.2) is 48.5 Å². The Bertz CT molecular complexity index is 814. The van der Waals surface area contributed by atoms with E-state index < -0.39 is 0 Å². The first-order valence-corrected chi connectivity index (χ1v) is 8.76. The van der Waals surface area contributed by atoms with Crippen LogP contribution >= 0.6 is 11.3 Å². The van der Waals surface area contributed by atoms with Crippen LogP contribution in [0.4, 0.5) is 15.2 Å². The molecular weight excluding hydrogens is 323 g/mol. The maximum Gasteiger partial charge on any atom is 0.187 e. The van der Waals surface area contributed by atoms with Gasteiger partial charge in [-0.15, -0.1) is 11.3 Å². The van der Waals surface area contributed by atoms with Gasteiger partial charge in [-0.05, 0) is 55.8 Å². The van der Waals surface area contributed by atoms with Crippen molar-refractivity contribution in [1.29, 1.82) is 0 Å². The molecule has 0 amide bonds. The smallest absolute Gasteiger partial charge is 0.187 e. The maximum absolute atomic E-state index is 13.3. The Balaban J connectivity index is 1.87. The molecule has 0 aliphatic rings. The van der Waals surface area contributed by atoms with Crippen molar-refractivity contribution < 1.29 is 9.13 Å². The van der Waals surface area contributed by atoms with Crippen LogP contribution in [-0.4, -0.2) is 11.6 Å². The lowest BCUT2D eigenvalue weighted by atomic mass is 10.1. The van der Waals surface area contributed by atoms with Crippen LogP contribution < -0.4 is 10.1 Å². The highest BCUT2D eigenvalue weighted by molar-refractivity contribution is 7.16. The number of nitrogens with zero attached hydrogens (tertiary/aromatic N) is 1. The van der Waals surface area contributed by atoms with Gasteiger partial charge in [0.25, 0.3) is 0 Å². The Morgan fingerprint density at radius 1 is 1.12 bits per heavy atom. The van der Waals surface area contributed by atoms with Crippen molar-refractivity contribution in [3.8, 4) is 17.0 Å². The molecule has 3 rings (SSSR count). The number of anilines is 2. The number of benzene rings is 2. The Labute approximate surface area is 145 Å². The maximum atomic E-state index is 13.3. The Kier molecular flexibility index (Phi) is 5.11. The van der Waals surface area contributed by atoms with Crippen LogP contribution in [-0.2, 0) is 6.42 Å². The normalized spacial score (nSPS) is 10.6. The summed E-state index contributed by atoms with van der Waals surface area (Å²) in [6, 6.07) is 14.3. The molecule has 0 radical (unpaired) electrons. The summed E-state index contributed by atoms with van der Waals surface area (Å²) >= 11 is 1.59. The zero-order chi connectivity index (χ0) is 16.9. The third kappa shape index (κ3) is 3.74. The minimum absolute atomic E-state index is 0.265. The summed E-state index contributed by atoms with van der Waals surface area (Å²) in [5, 5.41) is 3.95. The number of rotatable bonds is 6. The molecule has 0 aliphatic carbocycles. The number of halogens is 1. The molecule has 3 aromatic rings. The number of hydrogen-bond acceptors (Lipinski definition) is 4. The van der Waals surface area contributed by atoms with Crippen LogP contribution in [0.2, 0.25) is 0 Å². The van der Waals surface area contributed by atoms with Gasteiger partial charge in [-0.25, -0.2) is 9.37 Å². The molecule has 3 nitrogen and oxygen atoms in total. The number of nitrogens with one attached hydrogen (secondary N) is 1. The summed E-state index contributed by atoms with van der Waals surface area (Å²) in [6.07, 6.45) is 0.894. The highest BCUT2D eigenvalue weighted by Gasteiger charge is 2.12. The number of hydrogen-bond donors (Lipinski definition) is 1. The molecule has 1 aromatic heterocycles.